The number of carbonyl (C=O) groups excluding carboxylic acids is 2. The maximum absolute atomic E-state index is 12.2. The average Bonchev–Trinajstić information content (AvgIpc) is 2.67. The molecule has 1 amide bonds. The van der Waals surface area contributed by atoms with Crippen LogP contribution in [-0.2, 0) is 14.3 Å². The number of hydrogen-bond donors (Lipinski definition) is 1. The minimum atomic E-state index is -1.03. The third-order valence-corrected chi connectivity index (χ3v) is 3.74. The second-order valence-electron chi connectivity index (χ2n) is 5.79. The molecule has 2 aromatic rings. The topological polar surface area (TPSA) is 108 Å². The molecule has 2 unspecified atom stereocenters. The minimum Gasteiger partial charge on any atom is -0.475 e. The van der Waals surface area contributed by atoms with Crippen LogP contribution in [0.4, 0.5) is 5.69 Å². The van der Waals surface area contributed by atoms with Gasteiger partial charge in [0.05, 0.1) is 11.0 Å². The van der Waals surface area contributed by atoms with E-state index in [2.05, 4.69) is 5.32 Å². The molecular weight excluding hydrogens is 352 g/mol. The number of nitrogens with one attached hydrogen (secondary N) is 1. The van der Waals surface area contributed by atoms with Crippen LogP contribution in [0.5, 0.6) is 5.75 Å². The van der Waals surface area contributed by atoms with Crippen molar-refractivity contribution in [3.8, 4) is 5.75 Å². The summed E-state index contributed by atoms with van der Waals surface area (Å²) in [6.07, 6.45) is -1.03. The molecule has 0 aromatic heterocycles. The third-order valence-electron chi connectivity index (χ3n) is 3.74. The number of para-hydroxylation sites is 2. The highest BCUT2D eigenvalue weighted by Crippen LogP contribution is 2.25. The fraction of sp³-hybridized carbons (Fsp3) is 0.263. The Hall–Kier alpha value is -3.42. The predicted molar refractivity (Wildman–Crippen MR) is 97.1 cm³/mol. The Kier molecular flexibility index (Phi) is 6.87. The SMILES string of the molecule is CC(OC(=O)COc1ccccc1[N+](=O)[O-])C(=O)NC(C)c1ccccc1. The molecule has 0 fully saturated rings. The summed E-state index contributed by atoms with van der Waals surface area (Å²) in [4.78, 5) is 34.3. The predicted octanol–water partition coefficient (Wildman–Crippen LogP) is 2.78. The zero-order valence-corrected chi connectivity index (χ0v) is 15.0. The minimum absolute atomic E-state index is 0.0470. The van der Waals surface area contributed by atoms with Gasteiger partial charge in [-0.1, -0.05) is 42.5 Å². The summed E-state index contributed by atoms with van der Waals surface area (Å²) < 4.78 is 10.2. The van der Waals surface area contributed by atoms with E-state index in [1.165, 1.54) is 25.1 Å². The van der Waals surface area contributed by atoms with E-state index in [4.69, 9.17) is 9.47 Å². The van der Waals surface area contributed by atoms with Crippen molar-refractivity contribution in [2.45, 2.75) is 26.0 Å². The first kappa shape index (κ1) is 19.9. The van der Waals surface area contributed by atoms with Gasteiger partial charge in [-0.25, -0.2) is 4.79 Å². The number of nitro groups is 1. The number of carbonyl (C=O) groups is 2. The maximum atomic E-state index is 12.2. The quantitative estimate of drug-likeness (QED) is 0.434. The number of nitro benzene ring substituents is 1. The molecule has 0 spiro atoms. The van der Waals surface area contributed by atoms with Gasteiger partial charge >= 0.3 is 11.7 Å². The molecule has 0 bridgehead atoms. The Morgan fingerprint density at radius 1 is 1.07 bits per heavy atom. The van der Waals surface area contributed by atoms with Crippen LogP contribution in [0.25, 0.3) is 0 Å². The van der Waals surface area contributed by atoms with Crippen LogP contribution in [0.2, 0.25) is 0 Å². The maximum Gasteiger partial charge on any atom is 0.344 e. The second kappa shape index (κ2) is 9.33. The van der Waals surface area contributed by atoms with E-state index < -0.39 is 29.5 Å². The molecule has 2 aromatic carbocycles. The van der Waals surface area contributed by atoms with Crippen LogP contribution in [0.15, 0.2) is 54.6 Å². The van der Waals surface area contributed by atoms with E-state index >= 15 is 0 Å². The Bertz CT molecular complexity index is 809. The molecule has 27 heavy (non-hydrogen) atoms. The molecule has 2 rings (SSSR count). The Morgan fingerprint density at radius 3 is 2.37 bits per heavy atom. The van der Waals surface area contributed by atoms with Gasteiger partial charge in [0.15, 0.2) is 18.5 Å². The lowest BCUT2D eigenvalue weighted by atomic mass is 10.1. The molecule has 0 aliphatic carbocycles. The van der Waals surface area contributed by atoms with E-state index in [0.717, 1.165) is 5.56 Å². The van der Waals surface area contributed by atoms with Crippen molar-refractivity contribution >= 4 is 17.6 Å². The van der Waals surface area contributed by atoms with E-state index in [9.17, 15) is 19.7 Å². The molecule has 0 heterocycles. The molecule has 0 saturated carbocycles. The lowest BCUT2D eigenvalue weighted by Crippen LogP contribution is -2.38. The molecule has 0 radical (unpaired) electrons. The van der Waals surface area contributed by atoms with Gasteiger partial charge in [-0.3, -0.25) is 14.9 Å². The molecule has 2 atom stereocenters. The standard InChI is InChI=1S/C19H20N2O6/c1-13(15-8-4-3-5-9-15)20-19(23)14(2)27-18(22)12-26-17-11-7-6-10-16(17)21(24)25/h3-11,13-14H,12H2,1-2H3,(H,20,23). The van der Waals surface area contributed by atoms with Crippen molar-refractivity contribution in [2.24, 2.45) is 0 Å². The number of esters is 1. The van der Waals surface area contributed by atoms with Crippen molar-refractivity contribution in [3.05, 3.63) is 70.3 Å². The molecule has 142 valence electrons. The van der Waals surface area contributed by atoms with Gasteiger partial charge in [0.2, 0.25) is 0 Å². The highest BCUT2D eigenvalue weighted by Gasteiger charge is 2.21. The summed E-state index contributed by atoms with van der Waals surface area (Å²) in [6.45, 7) is 2.71. The normalized spacial score (nSPS) is 12.5. The molecule has 0 aliphatic rings. The molecular formula is C19H20N2O6. The van der Waals surface area contributed by atoms with Crippen LogP contribution < -0.4 is 10.1 Å². The van der Waals surface area contributed by atoms with Crippen LogP contribution in [0.1, 0.15) is 25.5 Å². The van der Waals surface area contributed by atoms with Crippen LogP contribution in [0.3, 0.4) is 0 Å². The van der Waals surface area contributed by atoms with E-state index in [0.29, 0.717) is 0 Å². The smallest absolute Gasteiger partial charge is 0.344 e. The largest absolute Gasteiger partial charge is 0.475 e. The number of hydrogen-bond acceptors (Lipinski definition) is 6. The summed E-state index contributed by atoms with van der Waals surface area (Å²) in [7, 11) is 0. The number of benzene rings is 2. The number of rotatable bonds is 8. The fourth-order valence-corrected chi connectivity index (χ4v) is 2.31. The number of amides is 1. The van der Waals surface area contributed by atoms with Crippen LogP contribution >= 0.6 is 0 Å². The van der Waals surface area contributed by atoms with E-state index in [-0.39, 0.29) is 17.5 Å². The lowest BCUT2D eigenvalue weighted by molar-refractivity contribution is -0.385. The first-order valence-electron chi connectivity index (χ1n) is 8.29. The number of nitrogens with zero attached hydrogens (tertiary/aromatic N) is 1. The summed E-state index contributed by atoms with van der Waals surface area (Å²) >= 11 is 0. The van der Waals surface area contributed by atoms with Gasteiger partial charge in [-0.05, 0) is 25.5 Å². The van der Waals surface area contributed by atoms with Gasteiger partial charge in [-0.15, -0.1) is 0 Å². The van der Waals surface area contributed by atoms with Crippen molar-refractivity contribution in [1.82, 2.24) is 5.32 Å². The molecule has 8 heteroatoms. The Morgan fingerprint density at radius 2 is 1.70 bits per heavy atom. The highest BCUT2D eigenvalue weighted by atomic mass is 16.6. The van der Waals surface area contributed by atoms with Crippen LogP contribution in [-0.4, -0.2) is 29.5 Å². The molecule has 1 N–H and O–H groups in total. The first-order chi connectivity index (χ1) is 12.9. The van der Waals surface area contributed by atoms with Crippen molar-refractivity contribution in [3.63, 3.8) is 0 Å². The zero-order chi connectivity index (χ0) is 19.8. The monoisotopic (exact) mass is 372 g/mol. The zero-order valence-electron chi connectivity index (χ0n) is 15.0. The van der Waals surface area contributed by atoms with Gasteiger partial charge in [-0.2, -0.15) is 0 Å². The van der Waals surface area contributed by atoms with Gasteiger partial charge in [0.25, 0.3) is 5.91 Å². The summed E-state index contributed by atoms with van der Waals surface area (Å²) in [5.41, 5.74) is 0.664. The van der Waals surface area contributed by atoms with Crippen molar-refractivity contribution in [1.29, 1.82) is 0 Å². The molecule has 8 nitrogen and oxygen atoms in total. The van der Waals surface area contributed by atoms with Crippen LogP contribution in [0, 0.1) is 10.1 Å². The molecule has 0 aliphatic heterocycles. The highest BCUT2D eigenvalue weighted by molar-refractivity contribution is 5.84. The first-order valence-corrected chi connectivity index (χ1v) is 8.29. The average molecular weight is 372 g/mol. The summed E-state index contributed by atoms with van der Waals surface area (Å²) in [5.74, 6) is -1.30. The fourth-order valence-electron chi connectivity index (χ4n) is 2.31. The van der Waals surface area contributed by atoms with Gasteiger partial charge < -0.3 is 14.8 Å². The van der Waals surface area contributed by atoms with E-state index in [1.807, 2.05) is 37.3 Å². The molecule has 0 saturated heterocycles. The van der Waals surface area contributed by atoms with E-state index in [1.54, 1.807) is 6.07 Å². The Balaban J connectivity index is 1.84. The third kappa shape index (κ3) is 5.81. The van der Waals surface area contributed by atoms with Crippen molar-refractivity contribution in [2.75, 3.05) is 6.61 Å². The number of ether oxygens (including phenoxy) is 2. The summed E-state index contributed by atoms with van der Waals surface area (Å²) in [5, 5.41) is 13.7. The lowest BCUT2D eigenvalue weighted by Gasteiger charge is -2.18. The summed E-state index contributed by atoms with van der Waals surface area (Å²) in [6, 6.07) is 14.8. The van der Waals surface area contributed by atoms with Gasteiger partial charge in [0, 0.05) is 6.07 Å². The Labute approximate surface area is 156 Å². The van der Waals surface area contributed by atoms with Gasteiger partial charge in [0.1, 0.15) is 0 Å². The second-order valence-corrected chi connectivity index (χ2v) is 5.79. The van der Waals surface area contributed by atoms with Crippen molar-refractivity contribution < 1.29 is 24.0 Å².